The molecule has 0 saturated heterocycles. The summed E-state index contributed by atoms with van der Waals surface area (Å²) < 4.78 is 10.3. The fourth-order valence-corrected chi connectivity index (χ4v) is 2.34. The molecule has 0 aromatic rings. The summed E-state index contributed by atoms with van der Waals surface area (Å²) in [6.45, 7) is 4.17. The molecule has 0 saturated carbocycles. The lowest BCUT2D eigenvalue weighted by atomic mass is 10.1. The van der Waals surface area contributed by atoms with Crippen molar-refractivity contribution in [3.8, 4) is 0 Å². The van der Waals surface area contributed by atoms with Gasteiger partial charge in [-0.3, -0.25) is 0 Å². The predicted molar refractivity (Wildman–Crippen MR) is 84.2 cm³/mol. The molecule has 0 aliphatic rings. The summed E-state index contributed by atoms with van der Waals surface area (Å²) in [4.78, 5) is 9.54. The Labute approximate surface area is 124 Å². The third-order valence-electron chi connectivity index (χ3n) is 2.62. The van der Waals surface area contributed by atoms with Crippen LogP contribution in [0.4, 0.5) is 0 Å². The Balaban J connectivity index is 3.80. The lowest BCUT2D eigenvalue weighted by Crippen LogP contribution is -1.97. The first-order chi connectivity index (χ1) is 9.74. The van der Waals surface area contributed by atoms with Crippen LogP contribution in [0.25, 0.3) is 0 Å². The maximum atomic E-state index is 9.54. The Morgan fingerprint density at radius 3 is 2.55 bits per heavy atom. The molecule has 0 amide bonds. The molecule has 0 fully saturated rings. The fraction of sp³-hybridized carbons (Fsp3) is 0.733. The van der Waals surface area contributed by atoms with E-state index in [1.54, 1.807) is 0 Å². The number of aliphatic hydroxyl groups is 1. The van der Waals surface area contributed by atoms with Crippen LogP contribution in [-0.4, -0.2) is 23.2 Å². The molecular formula is C15H29O4P. The zero-order valence-electron chi connectivity index (χ0n) is 12.8. The molecule has 118 valence electrons. The summed E-state index contributed by atoms with van der Waals surface area (Å²) in [5.41, 5.74) is 0. The van der Waals surface area contributed by atoms with Crippen LogP contribution in [0, 0.1) is 0 Å². The minimum absolute atomic E-state index is 0.103. The van der Waals surface area contributed by atoms with Crippen LogP contribution in [0.1, 0.15) is 58.8 Å². The molecular weight excluding hydrogens is 275 g/mol. The highest BCUT2D eigenvalue weighted by molar-refractivity contribution is 7.40. The maximum absolute atomic E-state index is 9.54. The van der Waals surface area contributed by atoms with Crippen molar-refractivity contribution in [3.05, 3.63) is 24.0 Å². The molecule has 0 rings (SSSR count). The Hall–Kier alpha value is -0.410. The van der Waals surface area contributed by atoms with E-state index in [0.29, 0.717) is 0 Å². The molecule has 1 unspecified atom stereocenters. The molecule has 0 radical (unpaired) electrons. The van der Waals surface area contributed by atoms with Gasteiger partial charge in [0.25, 0.3) is 0 Å². The van der Waals surface area contributed by atoms with Crippen molar-refractivity contribution in [1.82, 2.24) is 0 Å². The van der Waals surface area contributed by atoms with Crippen molar-refractivity contribution in [2.75, 3.05) is 13.2 Å². The van der Waals surface area contributed by atoms with E-state index in [2.05, 4.69) is 19.1 Å². The average Bonchev–Trinajstić information content (AvgIpc) is 2.44. The smallest absolute Gasteiger partial charge is 0.394 e. The van der Waals surface area contributed by atoms with E-state index >= 15 is 0 Å². The van der Waals surface area contributed by atoms with E-state index < -0.39 is 8.60 Å². The van der Waals surface area contributed by atoms with Crippen LogP contribution in [-0.2, 0) is 9.05 Å². The lowest BCUT2D eigenvalue weighted by molar-refractivity contribution is 0.172. The zero-order valence-corrected chi connectivity index (χ0v) is 13.6. The fourth-order valence-electron chi connectivity index (χ4n) is 1.68. The van der Waals surface area contributed by atoms with Gasteiger partial charge >= 0.3 is 8.60 Å². The molecule has 0 aliphatic carbocycles. The van der Waals surface area contributed by atoms with E-state index in [4.69, 9.17) is 14.2 Å². The molecule has 0 bridgehead atoms. The van der Waals surface area contributed by atoms with E-state index in [-0.39, 0.29) is 13.2 Å². The lowest BCUT2D eigenvalue weighted by Gasteiger charge is -2.14. The van der Waals surface area contributed by atoms with Crippen molar-refractivity contribution in [1.29, 1.82) is 0 Å². The van der Waals surface area contributed by atoms with E-state index in [9.17, 15) is 4.89 Å². The van der Waals surface area contributed by atoms with Crippen LogP contribution in [0.5, 0.6) is 0 Å². The number of aliphatic hydroxyl groups excluding tert-OH is 1. The van der Waals surface area contributed by atoms with E-state index in [1.807, 2.05) is 13.0 Å². The Kier molecular flexibility index (Phi) is 14.7. The van der Waals surface area contributed by atoms with E-state index in [1.165, 1.54) is 6.42 Å². The topological polar surface area (TPSA) is 58.9 Å². The summed E-state index contributed by atoms with van der Waals surface area (Å²) in [5.74, 6) is 0.795. The summed E-state index contributed by atoms with van der Waals surface area (Å²) in [6, 6.07) is 0. The highest BCUT2D eigenvalue weighted by Gasteiger charge is 2.10. The van der Waals surface area contributed by atoms with Gasteiger partial charge in [0.15, 0.2) is 0 Å². The van der Waals surface area contributed by atoms with Gasteiger partial charge < -0.3 is 19.0 Å². The Bertz CT molecular complexity index is 267. The molecule has 2 N–H and O–H groups in total. The second kappa shape index (κ2) is 15.0. The van der Waals surface area contributed by atoms with Gasteiger partial charge in [-0.1, -0.05) is 32.4 Å². The van der Waals surface area contributed by atoms with Crippen molar-refractivity contribution in [2.24, 2.45) is 0 Å². The molecule has 0 heterocycles. The molecule has 0 aromatic heterocycles. The molecule has 0 aliphatic heterocycles. The number of allylic oxidation sites excluding steroid dienone is 4. The van der Waals surface area contributed by atoms with Crippen LogP contribution < -0.4 is 0 Å². The highest BCUT2D eigenvalue weighted by Crippen LogP contribution is 2.37. The first-order valence-electron chi connectivity index (χ1n) is 7.49. The first kappa shape index (κ1) is 19.6. The standard InChI is InChI=1S/C15H29O4P/c1-3-5-6-7-8-9-10-12-15(11-4-2)19-20(17)18-14-13-16/h5-6,11,16-17H,3-4,7-10,12-14H2,1-2H3. The van der Waals surface area contributed by atoms with Gasteiger partial charge in [-0.05, 0) is 38.2 Å². The quantitative estimate of drug-likeness (QED) is 0.228. The number of rotatable bonds is 13. The summed E-state index contributed by atoms with van der Waals surface area (Å²) in [5, 5.41) is 8.61. The van der Waals surface area contributed by atoms with Crippen LogP contribution in [0.2, 0.25) is 0 Å². The zero-order chi connectivity index (χ0) is 15.1. The van der Waals surface area contributed by atoms with Crippen molar-refractivity contribution in [2.45, 2.75) is 58.8 Å². The largest absolute Gasteiger partial charge is 0.432 e. The van der Waals surface area contributed by atoms with E-state index in [0.717, 1.165) is 44.3 Å². The molecule has 20 heavy (non-hydrogen) atoms. The average molecular weight is 304 g/mol. The van der Waals surface area contributed by atoms with Gasteiger partial charge in [0.1, 0.15) is 5.76 Å². The summed E-state index contributed by atoms with van der Waals surface area (Å²) >= 11 is 0. The van der Waals surface area contributed by atoms with Crippen molar-refractivity contribution >= 4 is 8.60 Å². The monoisotopic (exact) mass is 304 g/mol. The molecule has 5 heteroatoms. The van der Waals surface area contributed by atoms with Crippen LogP contribution in [0.15, 0.2) is 24.0 Å². The number of hydrogen-bond donors (Lipinski definition) is 2. The SMILES string of the molecule is CCC=CCCCCCC(=CCC)OP(O)OCCO. The van der Waals surface area contributed by atoms with Gasteiger partial charge in [-0.2, -0.15) is 0 Å². The Morgan fingerprint density at radius 1 is 1.10 bits per heavy atom. The second-order valence-electron chi connectivity index (χ2n) is 4.44. The van der Waals surface area contributed by atoms with Gasteiger partial charge in [-0.25, -0.2) is 0 Å². The van der Waals surface area contributed by atoms with Gasteiger partial charge in [-0.15, -0.1) is 0 Å². The number of hydrogen-bond acceptors (Lipinski definition) is 4. The Morgan fingerprint density at radius 2 is 1.90 bits per heavy atom. The van der Waals surface area contributed by atoms with Crippen molar-refractivity contribution in [3.63, 3.8) is 0 Å². The maximum Gasteiger partial charge on any atom is 0.394 e. The van der Waals surface area contributed by atoms with Gasteiger partial charge in [0, 0.05) is 6.42 Å². The van der Waals surface area contributed by atoms with Crippen LogP contribution >= 0.6 is 8.60 Å². The second-order valence-corrected chi connectivity index (χ2v) is 5.36. The van der Waals surface area contributed by atoms with Gasteiger partial charge in [0.05, 0.1) is 13.2 Å². The van der Waals surface area contributed by atoms with Crippen molar-refractivity contribution < 1.29 is 19.0 Å². The molecule has 4 nitrogen and oxygen atoms in total. The minimum Gasteiger partial charge on any atom is -0.432 e. The summed E-state index contributed by atoms with van der Waals surface area (Å²) in [7, 11) is -1.91. The predicted octanol–water partition coefficient (Wildman–Crippen LogP) is 4.44. The number of unbranched alkanes of at least 4 members (excludes halogenated alkanes) is 3. The molecule has 0 spiro atoms. The van der Waals surface area contributed by atoms with Gasteiger partial charge in [0.2, 0.25) is 0 Å². The minimum atomic E-state index is -1.91. The third kappa shape index (κ3) is 12.6. The normalized spacial score (nSPS) is 13.9. The highest BCUT2D eigenvalue weighted by atomic mass is 31.2. The third-order valence-corrected chi connectivity index (χ3v) is 3.41. The van der Waals surface area contributed by atoms with Crippen LogP contribution in [0.3, 0.4) is 0 Å². The summed E-state index contributed by atoms with van der Waals surface area (Å²) in [6.07, 6.45) is 13.7. The molecule has 1 atom stereocenters. The molecule has 0 aromatic carbocycles. The first-order valence-corrected chi connectivity index (χ1v) is 8.62.